The normalized spacial score (nSPS) is 11.9. The van der Waals surface area contributed by atoms with Gasteiger partial charge in [0.05, 0.1) is 0 Å². The van der Waals surface area contributed by atoms with Crippen molar-refractivity contribution in [2.24, 2.45) is 0 Å². The number of rotatable bonds is 3. The van der Waals surface area contributed by atoms with E-state index in [-0.39, 0.29) is 0 Å². The van der Waals surface area contributed by atoms with Crippen LogP contribution in [0.4, 0.5) is 0 Å². The van der Waals surface area contributed by atoms with E-state index in [9.17, 15) is 0 Å². The first kappa shape index (κ1) is 8.35. The molecule has 0 amide bonds. The highest BCUT2D eigenvalue weighted by molar-refractivity contribution is 6.18. The summed E-state index contributed by atoms with van der Waals surface area (Å²) >= 11 is 5.51. The van der Waals surface area contributed by atoms with E-state index >= 15 is 0 Å². The Bertz CT molecular complexity index is 56.0. The zero-order chi connectivity index (χ0) is 6.62. The average molecular weight is 132 g/mol. The third-order valence-corrected chi connectivity index (χ3v) is 1.33. The van der Waals surface area contributed by atoms with E-state index in [1.807, 2.05) is 0 Å². The lowest BCUT2D eigenvalue weighted by Crippen LogP contribution is -2.01. The number of halogens is 1. The van der Waals surface area contributed by atoms with Crippen molar-refractivity contribution in [3.05, 3.63) is 0 Å². The van der Waals surface area contributed by atoms with Gasteiger partial charge in [0.15, 0.2) is 0 Å². The first-order chi connectivity index (χ1) is 3.56. The van der Waals surface area contributed by atoms with Crippen molar-refractivity contribution in [2.75, 3.05) is 5.88 Å². The van der Waals surface area contributed by atoms with Crippen LogP contribution in [0, 0.1) is 0 Å². The maximum absolute atomic E-state index is 5.51. The summed E-state index contributed by atoms with van der Waals surface area (Å²) in [4.78, 5) is 0. The number of hydrogen-bond acceptors (Lipinski definition) is 0. The van der Waals surface area contributed by atoms with Crippen LogP contribution < -0.4 is 0 Å². The molecule has 0 spiro atoms. The lowest BCUT2D eigenvalue weighted by atomic mass is 9.70. The quantitative estimate of drug-likeness (QED) is 0.406. The predicted octanol–water partition coefficient (Wildman–Crippen LogP) is 1.84. The third-order valence-electron chi connectivity index (χ3n) is 1.06. The molecule has 0 aliphatic heterocycles. The Kier molecular flexibility index (Phi) is 3.54. The zero-order valence-electron chi connectivity index (χ0n) is 6.00. The lowest BCUT2D eigenvalue weighted by Gasteiger charge is -2.15. The molecule has 0 saturated heterocycles. The number of alkyl halides is 1. The minimum absolute atomic E-state index is 0.467. The fourth-order valence-corrected chi connectivity index (χ4v) is 0.731. The second-order valence-electron chi connectivity index (χ2n) is 3.35. The van der Waals surface area contributed by atoms with Crippen LogP contribution in [0.25, 0.3) is 0 Å². The minimum atomic E-state index is 0.467. The lowest BCUT2D eigenvalue weighted by molar-refractivity contribution is 0.603. The first-order valence-electron chi connectivity index (χ1n) is 3.12. The molecule has 0 heterocycles. The van der Waals surface area contributed by atoms with Gasteiger partial charge in [-0.15, -0.1) is 11.6 Å². The molecule has 0 aliphatic rings. The van der Waals surface area contributed by atoms with E-state index in [4.69, 9.17) is 11.6 Å². The summed E-state index contributed by atoms with van der Waals surface area (Å²) in [5.41, 5.74) is 0. The smallest absolute Gasteiger partial charge is 0.108 e. The Balaban J connectivity index is 3.11. The molecule has 0 unspecified atom stereocenters. The topological polar surface area (TPSA) is 0 Å². The second-order valence-corrected chi connectivity index (χ2v) is 3.73. The largest absolute Gasteiger partial charge is 0.127 e. The summed E-state index contributed by atoms with van der Waals surface area (Å²) in [7, 11) is 2.24. The summed E-state index contributed by atoms with van der Waals surface area (Å²) in [5.74, 6) is 0.803. The van der Waals surface area contributed by atoms with Crippen LogP contribution in [0.1, 0.15) is 26.7 Å². The van der Waals surface area contributed by atoms with Crippen LogP contribution in [0.15, 0.2) is 0 Å². The second kappa shape index (κ2) is 3.39. The van der Waals surface area contributed by atoms with E-state index in [0.29, 0.717) is 5.31 Å². The van der Waals surface area contributed by atoms with Crippen LogP contribution in [-0.4, -0.2) is 13.7 Å². The molecule has 0 fully saturated rings. The molecule has 2 heteroatoms. The highest BCUT2D eigenvalue weighted by Gasteiger charge is 2.07. The molecule has 0 aliphatic carbocycles. The van der Waals surface area contributed by atoms with Gasteiger partial charge in [0.25, 0.3) is 0 Å². The molecule has 0 aromatic rings. The first-order valence-corrected chi connectivity index (χ1v) is 3.66. The molecule has 8 heavy (non-hydrogen) atoms. The maximum Gasteiger partial charge on any atom is 0.108 e. The molecule has 0 atom stereocenters. The van der Waals surface area contributed by atoms with Crippen molar-refractivity contribution in [3.63, 3.8) is 0 Å². The molecule has 0 nitrogen and oxygen atoms in total. The van der Waals surface area contributed by atoms with Gasteiger partial charge in [-0.05, 0) is 6.42 Å². The van der Waals surface area contributed by atoms with Crippen molar-refractivity contribution in [1.82, 2.24) is 0 Å². The van der Waals surface area contributed by atoms with Crippen molar-refractivity contribution < 1.29 is 0 Å². The monoisotopic (exact) mass is 132 g/mol. The van der Waals surface area contributed by atoms with Gasteiger partial charge in [0.1, 0.15) is 7.85 Å². The van der Waals surface area contributed by atoms with Crippen molar-refractivity contribution in [2.45, 2.75) is 32.0 Å². The molecule has 0 bridgehead atoms. The Morgan fingerprint density at radius 3 is 2.12 bits per heavy atom. The standard InChI is InChI=1S/C6H14BCl/c1-6(2,7)4-3-5-8/h3-5,7H2,1-2H3. The van der Waals surface area contributed by atoms with Crippen LogP contribution in [-0.2, 0) is 0 Å². The van der Waals surface area contributed by atoms with Gasteiger partial charge in [-0.25, -0.2) is 0 Å². The molecule has 0 radical (unpaired) electrons. The van der Waals surface area contributed by atoms with Gasteiger partial charge in [-0.2, -0.15) is 0 Å². The Hall–Kier alpha value is 0.355. The summed E-state index contributed by atoms with van der Waals surface area (Å²) in [5, 5.41) is 0.467. The van der Waals surface area contributed by atoms with Gasteiger partial charge in [-0.1, -0.05) is 25.6 Å². The van der Waals surface area contributed by atoms with Crippen molar-refractivity contribution >= 4 is 19.4 Å². The Labute approximate surface area is 58.0 Å². The molecule has 0 saturated carbocycles. The number of hydrogen-bond donors (Lipinski definition) is 0. The molecule has 0 aromatic carbocycles. The Morgan fingerprint density at radius 2 is 2.00 bits per heavy atom. The van der Waals surface area contributed by atoms with Gasteiger partial charge >= 0.3 is 0 Å². The molecule has 0 N–H and O–H groups in total. The summed E-state index contributed by atoms with van der Waals surface area (Å²) < 4.78 is 0. The van der Waals surface area contributed by atoms with Gasteiger partial charge in [0.2, 0.25) is 0 Å². The van der Waals surface area contributed by atoms with Gasteiger partial charge in [-0.3, -0.25) is 0 Å². The predicted molar refractivity (Wildman–Crippen MR) is 42.5 cm³/mol. The highest BCUT2D eigenvalue weighted by Crippen LogP contribution is 2.24. The molecule has 0 aromatic heterocycles. The van der Waals surface area contributed by atoms with Crippen LogP contribution in [0.5, 0.6) is 0 Å². The van der Waals surface area contributed by atoms with E-state index in [2.05, 4.69) is 21.7 Å². The molecular weight excluding hydrogens is 118 g/mol. The van der Waals surface area contributed by atoms with E-state index in [1.165, 1.54) is 6.42 Å². The van der Waals surface area contributed by atoms with Crippen molar-refractivity contribution in [1.29, 1.82) is 0 Å². The average Bonchev–Trinajstić information content (AvgIpc) is 1.59. The van der Waals surface area contributed by atoms with Gasteiger partial charge < -0.3 is 0 Å². The molecular formula is C6H14BCl. The maximum atomic E-state index is 5.51. The van der Waals surface area contributed by atoms with E-state index < -0.39 is 0 Å². The molecule has 48 valence electrons. The van der Waals surface area contributed by atoms with Crippen LogP contribution in [0.3, 0.4) is 0 Å². The summed E-state index contributed by atoms with van der Waals surface area (Å²) in [6.45, 7) is 4.47. The van der Waals surface area contributed by atoms with Gasteiger partial charge in [0, 0.05) is 5.88 Å². The van der Waals surface area contributed by atoms with Crippen LogP contribution in [0.2, 0.25) is 5.31 Å². The SMILES string of the molecule is BC(C)(C)CCCCl. The molecule has 0 rings (SSSR count). The van der Waals surface area contributed by atoms with E-state index in [0.717, 1.165) is 12.3 Å². The highest BCUT2D eigenvalue weighted by atomic mass is 35.5. The van der Waals surface area contributed by atoms with Crippen molar-refractivity contribution in [3.8, 4) is 0 Å². The fourth-order valence-electron chi connectivity index (χ4n) is 0.597. The summed E-state index contributed by atoms with van der Waals surface area (Å²) in [6, 6.07) is 0. The Morgan fingerprint density at radius 1 is 1.50 bits per heavy atom. The van der Waals surface area contributed by atoms with E-state index in [1.54, 1.807) is 0 Å². The zero-order valence-corrected chi connectivity index (χ0v) is 6.76. The fraction of sp³-hybridized carbons (Fsp3) is 1.00. The van der Waals surface area contributed by atoms with Crippen LogP contribution >= 0.6 is 11.6 Å². The minimum Gasteiger partial charge on any atom is -0.127 e. The third kappa shape index (κ3) is 6.35. The summed E-state index contributed by atoms with van der Waals surface area (Å²) in [6.07, 6.45) is 2.38.